The number of fused-ring (bicyclic) bond motifs is 2. The highest BCUT2D eigenvalue weighted by Crippen LogP contribution is 2.32. The van der Waals surface area contributed by atoms with Crippen molar-refractivity contribution in [2.24, 2.45) is 23.7 Å². The monoisotopic (exact) mass is 445 g/mol. The van der Waals surface area contributed by atoms with Gasteiger partial charge in [0.25, 0.3) is 0 Å². The Bertz CT molecular complexity index is 1440. The maximum Gasteiger partial charge on any atom is 0.108 e. The van der Waals surface area contributed by atoms with Crippen molar-refractivity contribution in [3.05, 3.63) is 32.1 Å². The maximum atomic E-state index is 4.28. The highest BCUT2D eigenvalue weighted by atomic mass is 15.3. The summed E-state index contributed by atoms with van der Waals surface area (Å²) in [5, 5.41) is 39.6. The van der Waals surface area contributed by atoms with Crippen molar-refractivity contribution in [3.63, 3.8) is 0 Å². The first-order valence-electron chi connectivity index (χ1n) is 12.0. The van der Waals surface area contributed by atoms with Gasteiger partial charge in [-0.15, -0.1) is 15.3 Å². The highest BCUT2D eigenvalue weighted by Gasteiger charge is 2.25. The van der Waals surface area contributed by atoms with E-state index in [-0.39, 0.29) is 0 Å². The van der Waals surface area contributed by atoms with Gasteiger partial charge in [-0.1, -0.05) is 59.0 Å². The first-order valence-corrected chi connectivity index (χ1v) is 12.0. The average molecular weight is 446 g/mol. The molecule has 0 radical (unpaired) electrons. The molecule has 9 heteroatoms. The van der Waals surface area contributed by atoms with Crippen LogP contribution in [0.4, 0.5) is 0 Å². The Hall–Kier alpha value is -3.36. The topological polar surface area (TPSA) is 125 Å². The van der Waals surface area contributed by atoms with Crippen molar-refractivity contribution >= 4 is 36.5 Å². The van der Waals surface area contributed by atoms with Crippen LogP contribution in [0.25, 0.3) is 36.5 Å². The summed E-state index contributed by atoms with van der Waals surface area (Å²) in [6.07, 6.45) is 20.1. The van der Waals surface area contributed by atoms with Gasteiger partial charge in [0, 0.05) is 0 Å². The number of hydrogen-bond acceptors (Lipinski definition) is 6. The van der Waals surface area contributed by atoms with Crippen LogP contribution in [-0.4, -0.2) is 46.2 Å². The molecule has 33 heavy (non-hydrogen) atoms. The zero-order valence-electron chi connectivity index (χ0n) is 19.2. The molecule has 4 atom stereocenters. The molecule has 2 aliphatic carbocycles. The summed E-state index contributed by atoms with van der Waals surface area (Å²) in [4.78, 5) is 0. The second kappa shape index (κ2) is 9.64. The lowest BCUT2D eigenvalue weighted by atomic mass is 9.77. The van der Waals surface area contributed by atoms with E-state index in [1.807, 2.05) is 13.0 Å². The molecule has 0 saturated heterocycles. The van der Waals surface area contributed by atoms with Crippen LogP contribution in [0.3, 0.4) is 0 Å². The van der Waals surface area contributed by atoms with Crippen molar-refractivity contribution < 1.29 is 0 Å². The van der Waals surface area contributed by atoms with Gasteiger partial charge in [0.1, 0.15) is 16.0 Å². The van der Waals surface area contributed by atoms with E-state index in [1.54, 1.807) is 0 Å². The standard InChI is InChI=1S/C24H31N9/c1-3-15-11-21-23(29-32-27-21)13-17(15)9-10-18-14-24-22(28-33-30-24)12-16(18)7-5-6-8-20-19(4-2)25-31-26-20/h4,8,11-18H,3,5-7,9-10H2,1-2H3,(H,25,26)(H,27,29)(H,28,30)/b19-4+,20-8+. The van der Waals surface area contributed by atoms with Crippen LogP contribution >= 0.6 is 0 Å². The van der Waals surface area contributed by atoms with Crippen LogP contribution in [0.5, 0.6) is 0 Å². The third-order valence-electron chi connectivity index (χ3n) is 7.09. The molecule has 9 nitrogen and oxygen atoms in total. The molecular formula is C24H31N9. The Balaban J connectivity index is 1.28. The number of H-pyrrole nitrogens is 3. The van der Waals surface area contributed by atoms with Gasteiger partial charge < -0.3 is 0 Å². The lowest BCUT2D eigenvalue weighted by molar-refractivity contribution is 0.383. The van der Waals surface area contributed by atoms with E-state index in [4.69, 9.17) is 0 Å². The molecule has 5 rings (SSSR count). The molecule has 0 bridgehead atoms. The SMILES string of the molecule is C/C=c1/nn[nH]/c1=C/CCCC1C=c2[nH]nnc2=CC1CCC1C=c2[nH]nnc2=CC1CC. The molecular weight excluding hydrogens is 414 g/mol. The van der Waals surface area contributed by atoms with Crippen LogP contribution < -0.4 is 32.1 Å². The van der Waals surface area contributed by atoms with Gasteiger partial charge in [-0.25, -0.2) is 0 Å². The van der Waals surface area contributed by atoms with Crippen molar-refractivity contribution in [2.45, 2.75) is 52.4 Å². The largest absolute Gasteiger partial charge is 0.258 e. The second-order valence-corrected chi connectivity index (χ2v) is 9.06. The first-order chi connectivity index (χ1) is 16.2. The Morgan fingerprint density at radius 3 is 2.03 bits per heavy atom. The smallest absolute Gasteiger partial charge is 0.108 e. The molecule has 2 aliphatic rings. The quantitative estimate of drug-likeness (QED) is 0.382. The van der Waals surface area contributed by atoms with Crippen LogP contribution in [0.15, 0.2) is 0 Å². The van der Waals surface area contributed by atoms with Gasteiger partial charge in [-0.2, -0.15) is 0 Å². The molecule has 3 aromatic heterocycles. The fourth-order valence-corrected chi connectivity index (χ4v) is 5.21. The molecule has 0 amide bonds. The minimum Gasteiger partial charge on any atom is -0.258 e. The number of unbranched alkanes of at least 4 members (excludes halogenated alkanes) is 1. The summed E-state index contributed by atoms with van der Waals surface area (Å²) in [5.74, 6) is 1.95. The summed E-state index contributed by atoms with van der Waals surface area (Å²) in [7, 11) is 0. The third kappa shape index (κ3) is 4.58. The molecule has 3 aromatic rings. The Morgan fingerprint density at radius 2 is 1.36 bits per heavy atom. The second-order valence-electron chi connectivity index (χ2n) is 9.06. The Morgan fingerprint density at radius 1 is 0.758 bits per heavy atom. The van der Waals surface area contributed by atoms with Gasteiger partial charge in [-0.05, 0) is 69.1 Å². The lowest BCUT2D eigenvalue weighted by Crippen LogP contribution is -2.35. The molecule has 0 aromatic carbocycles. The minimum absolute atomic E-state index is 0.461. The molecule has 0 saturated carbocycles. The highest BCUT2D eigenvalue weighted by molar-refractivity contribution is 5.41. The summed E-state index contributed by atoms with van der Waals surface area (Å²) >= 11 is 0. The number of aromatic amines is 3. The number of rotatable bonds is 8. The van der Waals surface area contributed by atoms with Crippen LogP contribution in [0, 0.1) is 23.7 Å². The third-order valence-corrected chi connectivity index (χ3v) is 7.09. The van der Waals surface area contributed by atoms with E-state index in [0.29, 0.717) is 23.7 Å². The zero-order chi connectivity index (χ0) is 22.6. The molecule has 0 spiro atoms. The normalized spacial score (nSPS) is 24.9. The summed E-state index contributed by atoms with van der Waals surface area (Å²) in [6, 6.07) is 0. The predicted molar refractivity (Wildman–Crippen MR) is 127 cm³/mol. The Labute approximate surface area is 191 Å². The van der Waals surface area contributed by atoms with Crippen LogP contribution in [0.1, 0.15) is 52.4 Å². The zero-order valence-corrected chi connectivity index (χ0v) is 19.2. The maximum absolute atomic E-state index is 4.28. The molecule has 0 aliphatic heterocycles. The number of nitrogens with one attached hydrogen (secondary N) is 3. The average Bonchev–Trinajstić information content (AvgIpc) is 3.59. The fourth-order valence-electron chi connectivity index (χ4n) is 5.21. The molecule has 0 fully saturated rings. The van der Waals surface area contributed by atoms with Crippen molar-refractivity contribution in [1.82, 2.24) is 46.2 Å². The summed E-state index contributed by atoms with van der Waals surface area (Å²) < 4.78 is 0. The molecule has 172 valence electrons. The van der Waals surface area contributed by atoms with Gasteiger partial charge in [0.15, 0.2) is 0 Å². The predicted octanol–water partition coefficient (Wildman–Crippen LogP) is -1.00. The van der Waals surface area contributed by atoms with E-state index in [0.717, 1.165) is 70.6 Å². The van der Waals surface area contributed by atoms with Gasteiger partial charge in [-0.3, -0.25) is 15.3 Å². The van der Waals surface area contributed by atoms with E-state index >= 15 is 0 Å². The van der Waals surface area contributed by atoms with Crippen molar-refractivity contribution in [1.29, 1.82) is 0 Å². The van der Waals surface area contributed by atoms with Crippen LogP contribution in [-0.2, 0) is 0 Å². The minimum atomic E-state index is 0.461. The van der Waals surface area contributed by atoms with E-state index in [9.17, 15) is 0 Å². The first kappa shape index (κ1) is 21.5. The van der Waals surface area contributed by atoms with Crippen molar-refractivity contribution in [2.75, 3.05) is 0 Å². The van der Waals surface area contributed by atoms with E-state index in [1.165, 1.54) is 0 Å². The number of aromatic nitrogens is 9. The van der Waals surface area contributed by atoms with Crippen LogP contribution in [0.2, 0.25) is 0 Å². The lowest BCUT2D eigenvalue weighted by Gasteiger charge is -2.27. The van der Waals surface area contributed by atoms with E-state index < -0.39 is 0 Å². The number of nitrogens with zero attached hydrogens (tertiary/aromatic N) is 6. The molecule has 3 N–H and O–H groups in total. The Kier molecular flexibility index (Phi) is 6.28. The van der Waals surface area contributed by atoms with Gasteiger partial charge in [0.05, 0.1) is 16.0 Å². The summed E-state index contributed by atoms with van der Waals surface area (Å²) in [5.41, 5.74) is 0. The van der Waals surface area contributed by atoms with Gasteiger partial charge in [0.2, 0.25) is 0 Å². The van der Waals surface area contributed by atoms with Crippen molar-refractivity contribution in [3.8, 4) is 0 Å². The van der Waals surface area contributed by atoms with Gasteiger partial charge >= 0.3 is 0 Å². The molecule has 3 heterocycles. The summed E-state index contributed by atoms with van der Waals surface area (Å²) in [6.45, 7) is 4.24. The van der Waals surface area contributed by atoms with E-state index in [2.05, 4.69) is 83.5 Å². The molecule has 4 unspecified atom stereocenters. The fraction of sp³-hybridized carbons (Fsp3) is 0.500. The number of hydrogen-bond donors (Lipinski definition) is 3.